The van der Waals surface area contributed by atoms with Crippen molar-refractivity contribution in [1.29, 1.82) is 5.41 Å². The summed E-state index contributed by atoms with van der Waals surface area (Å²) < 4.78 is 31.7. The van der Waals surface area contributed by atoms with Crippen LogP contribution in [0.4, 0.5) is 13.2 Å². The summed E-state index contributed by atoms with van der Waals surface area (Å²) in [5.74, 6) is -3.96. The van der Waals surface area contributed by atoms with Crippen molar-refractivity contribution in [2.45, 2.75) is 88.4 Å². The third-order valence-electron chi connectivity index (χ3n) is 8.50. The molecule has 2 aromatic carbocycles. The number of halogens is 3. The van der Waals surface area contributed by atoms with Crippen LogP contribution in [0.5, 0.6) is 0 Å². The molecule has 13 nitrogen and oxygen atoms in total. The van der Waals surface area contributed by atoms with Gasteiger partial charge in [0.05, 0.1) is 5.41 Å². The summed E-state index contributed by atoms with van der Waals surface area (Å²) >= 11 is 0. The van der Waals surface area contributed by atoms with Gasteiger partial charge >= 0.3 is 12.1 Å². The zero-order valence-corrected chi connectivity index (χ0v) is 28.0. The molecule has 0 heterocycles. The molecule has 0 aliphatic heterocycles. The molecule has 3 atom stereocenters. The maximum absolute atomic E-state index is 14.2. The van der Waals surface area contributed by atoms with Crippen molar-refractivity contribution < 1.29 is 37.5 Å². The van der Waals surface area contributed by atoms with Gasteiger partial charge in [0.25, 0.3) is 0 Å². The van der Waals surface area contributed by atoms with Crippen molar-refractivity contribution in [3.8, 4) is 0 Å². The van der Waals surface area contributed by atoms with Crippen LogP contribution in [0.2, 0.25) is 0 Å². The Bertz CT molecular complexity index is 1480. The maximum atomic E-state index is 14.2. The molecule has 0 radical (unpaired) electrons. The molecular weight excluding hydrogens is 657 g/mol. The number of amidine groups is 1. The number of hydrogen-bond donors (Lipinski definition) is 8. The van der Waals surface area contributed by atoms with Gasteiger partial charge < -0.3 is 38.7 Å². The van der Waals surface area contributed by atoms with Gasteiger partial charge in [0.15, 0.2) is 5.96 Å². The Morgan fingerprint density at radius 1 is 0.920 bits per heavy atom. The van der Waals surface area contributed by atoms with Crippen molar-refractivity contribution in [2.75, 3.05) is 6.54 Å². The highest BCUT2D eigenvalue weighted by Gasteiger charge is 2.39. The number of guanidine groups is 1. The van der Waals surface area contributed by atoms with E-state index in [2.05, 4.69) is 15.6 Å². The van der Waals surface area contributed by atoms with Gasteiger partial charge in [0.2, 0.25) is 17.7 Å². The fraction of sp³-hybridized carbons (Fsp3) is 0.471. The first-order valence-electron chi connectivity index (χ1n) is 16.2. The van der Waals surface area contributed by atoms with E-state index in [9.17, 15) is 27.6 Å². The molecule has 1 aliphatic rings. The number of primary amides is 1. The number of amides is 3. The van der Waals surface area contributed by atoms with Gasteiger partial charge in [-0.05, 0) is 49.7 Å². The highest BCUT2D eigenvalue weighted by Crippen LogP contribution is 2.31. The summed E-state index contributed by atoms with van der Waals surface area (Å²) in [7, 11) is 0. The number of alkyl halides is 3. The predicted octanol–water partition coefficient (Wildman–Crippen LogP) is 2.58. The lowest BCUT2D eigenvalue weighted by Gasteiger charge is -2.33. The van der Waals surface area contributed by atoms with Crippen molar-refractivity contribution in [3.63, 3.8) is 0 Å². The summed E-state index contributed by atoms with van der Waals surface area (Å²) in [6, 6.07) is 14.9. The number of benzene rings is 2. The van der Waals surface area contributed by atoms with Gasteiger partial charge in [-0.1, -0.05) is 86.7 Å². The lowest BCUT2D eigenvalue weighted by molar-refractivity contribution is -0.192. The molecule has 12 N–H and O–H groups in total. The average Bonchev–Trinajstić information content (AvgIpc) is 3.06. The largest absolute Gasteiger partial charge is 0.490 e. The molecule has 1 aliphatic carbocycles. The number of nitrogen functional groups attached to an aromatic ring is 1. The zero-order valence-electron chi connectivity index (χ0n) is 28.0. The van der Waals surface area contributed by atoms with Gasteiger partial charge in [-0.3, -0.25) is 24.8 Å². The van der Waals surface area contributed by atoms with Crippen LogP contribution in [-0.4, -0.2) is 65.4 Å². The molecule has 1 saturated carbocycles. The Labute approximate surface area is 288 Å². The van der Waals surface area contributed by atoms with Crippen LogP contribution >= 0.6 is 0 Å². The number of nitrogens with one attached hydrogen (secondary N) is 3. The Morgan fingerprint density at radius 2 is 1.50 bits per heavy atom. The van der Waals surface area contributed by atoms with Crippen LogP contribution in [0.1, 0.15) is 75.0 Å². The van der Waals surface area contributed by atoms with Crippen LogP contribution in [0, 0.1) is 11.3 Å². The monoisotopic (exact) mass is 704 g/mol. The SMILES string of the molecule is C[C@@](Cc1ccc(C(=N)N)cc1)(C(=O)N[C@@H](CC1CCCCC1)C(=O)NC(CCCN=C(N)N)C(N)=O)c1ccccc1.O=C(O)C(F)(F)F. The second-order valence-corrected chi connectivity index (χ2v) is 12.5. The molecular formula is C34H47F3N8O5. The first-order chi connectivity index (χ1) is 23.4. The van der Waals surface area contributed by atoms with Crippen LogP contribution in [0.3, 0.4) is 0 Å². The molecule has 0 spiro atoms. The van der Waals surface area contributed by atoms with E-state index in [0.717, 1.165) is 43.2 Å². The number of hydrogen-bond acceptors (Lipinski definition) is 6. The van der Waals surface area contributed by atoms with Crippen molar-refractivity contribution >= 4 is 35.5 Å². The number of aliphatic carboxylic acids is 1. The number of carboxylic acids is 1. The second-order valence-electron chi connectivity index (χ2n) is 12.5. The first-order valence-corrected chi connectivity index (χ1v) is 16.2. The zero-order chi connectivity index (χ0) is 37.5. The third kappa shape index (κ3) is 13.4. The lowest BCUT2D eigenvalue weighted by atomic mass is 9.76. The number of nitrogens with two attached hydrogens (primary N) is 4. The van der Waals surface area contributed by atoms with E-state index in [1.165, 1.54) is 0 Å². The van der Waals surface area contributed by atoms with Gasteiger partial charge in [-0.15, -0.1) is 0 Å². The number of carbonyl (C=O) groups excluding carboxylic acids is 3. The second kappa shape index (κ2) is 19.1. The Kier molecular flexibility index (Phi) is 15.7. The number of carboxylic acid groups (broad SMARTS) is 1. The van der Waals surface area contributed by atoms with E-state index < -0.39 is 41.5 Å². The molecule has 3 amide bonds. The number of carbonyl (C=O) groups is 4. The minimum absolute atomic E-state index is 0.0304. The lowest BCUT2D eigenvalue weighted by Crippen LogP contribution is -2.56. The Balaban J connectivity index is 0.00000112. The van der Waals surface area contributed by atoms with E-state index in [1.54, 1.807) is 12.1 Å². The van der Waals surface area contributed by atoms with Crippen molar-refractivity contribution in [2.24, 2.45) is 33.8 Å². The van der Waals surface area contributed by atoms with Crippen LogP contribution < -0.4 is 33.6 Å². The van der Waals surface area contributed by atoms with Gasteiger partial charge in [0.1, 0.15) is 17.9 Å². The van der Waals surface area contributed by atoms with E-state index >= 15 is 0 Å². The number of rotatable bonds is 15. The smallest absolute Gasteiger partial charge is 0.475 e. The van der Waals surface area contributed by atoms with E-state index in [-0.39, 0.29) is 30.0 Å². The first kappa shape index (κ1) is 41.0. The summed E-state index contributed by atoms with van der Waals surface area (Å²) in [6.45, 7) is 2.16. The normalized spacial score (nSPS) is 15.5. The highest BCUT2D eigenvalue weighted by molar-refractivity contribution is 5.96. The van der Waals surface area contributed by atoms with E-state index in [1.807, 2.05) is 49.4 Å². The quantitative estimate of drug-likeness (QED) is 0.0775. The standard InChI is InChI=1S/C32H46N8O3.C2HF3O2/c1-32(24-11-6-3-7-12-24,20-22-14-16-23(17-15-22)27(33)34)30(43)40-26(19-21-9-4-2-5-10-21)29(42)39-25(28(35)41)13-8-18-38-31(36)37;3-2(4,5)1(6)7/h3,6-7,11-12,14-17,21,25-26H,2,4-5,8-10,13,18-20H2,1H3,(H3,33,34)(H2,35,41)(H,39,42)(H,40,43)(H4,36,37,38);(H,6,7)/t25?,26-,32-;/m0./s1. The molecule has 274 valence electrons. The summed E-state index contributed by atoms with van der Waals surface area (Å²) in [4.78, 5) is 53.0. The fourth-order valence-corrected chi connectivity index (χ4v) is 5.70. The average molecular weight is 705 g/mol. The third-order valence-corrected chi connectivity index (χ3v) is 8.50. The molecule has 50 heavy (non-hydrogen) atoms. The molecule has 1 fully saturated rings. The van der Waals surface area contributed by atoms with Crippen LogP contribution in [0.25, 0.3) is 0 Å². The summed E-state index contributed by atoms with van der Waals surface area (Å²) in [5, 5.41) is 20.7. The van der Waals surface area contributed by atoms with Gasteiger partial charge in [-0.25, -0.2) is 4.79 Å². The molecule has 0 bridgehead atoms. The molecule has 3 rings (SSSR count). The topological polar surface area (TPSA) is 253 Å². The van der Waals surface area contributed by atoms with Gasteiger partial charge in [-0.2, -0.15) is 13.2 Å². The molecule has 16 heteroatoms. The Hall–Kier alpha value is -5.15. The molecule has 2 aromatic rings. The maximum Gasteiger partial charge on any atom is 0.490 e. The highest BCUT2D eigenvalue weighted by atomic mass is 19.4. The molecule has 0 saturated heterocycles. The molecule has 1 unspecified atom stereocenters. The van der Waals surface area contributed by atoms with Crippen molar-refractivity contribution in [1.82, 2.24) is 10.6 Å². The molecule has 0 aromatic heterocycles. The van der Waals surface area contributed by atoms with Crippen LogP contribution in [-0.2, 0) is 31.0 Å². The Morgan fingerprint density at radius 3 is 2.00 bits per heavy atom. The van der Waals surface area contributed by atoms with Crippen LogP contribution in [0.15, 0.2) is 59.6 Å². The van der Waals surface area contributed by atoms with E-state index in [0.29, 0.717) is 31.4 Å². The van der Waals surface area contributed by atoms with E-state index in [4.69, 9.17) is 38.2 Å². The fourth-order valence-electron chi connectivity index (χ4n) is 5.70. The number of nitrogens with zero attached hydrogens (tertiary/aromatic N) is 1. The van der Waals surface area contributed by atoms with Crippen molar-refractivity contribution in [3.05, 3.63) is 71.3 Å². The van der Waals surface area contributed by atoms with Gasteiger partial charge in [0, 0.05) is 12.1 Å². The summed E-state index contributed by atoms with van der Waals surface area (Å²) in [5.41, 5.74) is 23.3. The minimum atomic E-state index is -5.08. The number of aliphatic imine (C=N–C) groups is 1. The predicted molar refractivity (Wildman–Crippen MR) is 183 cm³/mol. The summed E-state index contributed by atoms with van der Waals surface area (Å²) in [6.07, 6.45) is 1.74. The minimum Gasteiger partial charge on any atom is -0.475 e.